The van der Waals surface area contributed by atoms with Crippen molar-refractivity contribution in [3.8, 4) is 0 Å². The Morgan fingerprint density at radius 1 is 1.14 bits per heavy atom. The van der Waals surface area contributed by atoms with Crippen molar-refractivity contribution >= 4 is 34.6 Å². The third-order valence-corrected chi connectivity index (χ3v) is 7.54. The Labute approximate surface area is 255 Å². The second-order valence-corrected chi connectivity index (χ2v) is 11.7. The summed E-state index contributed by atoms with van der Waals surface area (Å²) in [5.41, 5.74) is 6.22. The first-order chi connectivity index (χ1) is 20.4. The maximum atomic E-state index is 13.4. The third-order valence-electron chi connectivity index (χ3n) is 7.54. The predicted octanol–water partition coefficient (Wildman–Crippen LogP) is 5.36. The number of allylic oxidation sites excluding steroid dienone is 2. The first kappa shape index (κ1) is 33.5. The largest absolute Gasteiger partial charge is 0.489 e. The molecule has 4 unspecified atom stereocenters. The Hall–Kier alpha value is -3.98. The number of fused-ring (bicyclic) bond motifs is 1. The average Bonchev–Trinajstić information content (AvgIpc) is 2.99. The second-order valence-electron chi connectivity index (χ2n) is 11.7. The Morgan fingerprint density at radius 2 is 1.88 bits per heavy atom. The van der Waals surface area contributed by atoms with Crippen molar-refractivity contribution in [1.82, 2.24) is 26.1 Å². The van der Waals surface area contributed by atoms with Gasteiger partial charge in [-0.05, 0) is 88.1 Å². The molecule has 2 heterocycles. The molecule has 0 aliphatic carbocycles. The maximum Gasteiger partial charge on any atom is 0.258 e. The highest BCUT2D eigenvalue weighted by Gasteiger charge is 2.32. The second kappa shape index (κ2) is 15.5. The zero-order chi connectivity index (χ0) is 31.7. The van der Waals surface area contributed by atoms with Gasteiger partial charge in [0.25, 0.3) is 5.91 Å². The van der Waals surface area contributed by atoms with E-state index in [2.05, 4.69) is 33.7 Å². The molecule has 1 fully saturated rings. The van der Waals surface area contributed by atoms with Gasteiger partial charge < -0.3 is 15.4 Å². The van der Waals surface area contributed by atoms with Crippen LogP contribution in [0, 0.1) is 5.92 Å². The van der Waals surface area contributed by atoms with Gasteiger partial charge in [-0.1, -0.05) is 44.7 Å². The lowest BCUT2D eigenvalue weighted by atomic mass is 10.0. The first-order valence-electron chi connectivity index (χ1n) is 15.1. The summed E-state index contributed by atoms with van der Waals surface area (Å²) in [6.07, 6.45) is 8.65. The van der Waals surface area contributed by atoms with E-state index in [0.717, 1.165) is 46.2 Å². The van der Waals surface area contributed by atoms with Crippen LogP contribution in [0.15, 0.2) is 60.5 Å². The molecule has 43 heavy (non-hydrogen) atoms. The summed E-state index contributed by atoms with van der Waals surface area (Å²) in [5, 5.41) is 9.28. The van der Waals surface area contributed by atoms with Crippen molar-refractivity contribution in [2.75, 3.05) is 6.54 Å². The summed E-state index contributed by atoms with van der Waals surface area (Å²) in [7, 11) is 0. The molecule has 232 valence electrons. The molecule has 4 atom stereocenters. The lowest BCUT2D eigenvalue weighted by Gasteiger charge is -2.37. The molecule has 1 aliphatic rings. The van der Waals surface area contributed by atoms with Gasteiger partial charge in [-0.15, -0.1) is 0 Å². The smallest absolute Gasteiger partial charge is 0.258 e. The molecule has 0 radical (unpaired) electrons. The van der Waals surface area contributed by atoms with Crippen molar-refractivity contribution in [3.05, 3.63) is 71.8 Å². The SMILES string of the molecule is C=Cc1cc2cc(C(C)OC(=C(C)C)C3CCCN(C(=O)C(C)NC(=O)C(NC(=O)CC=CC)C(C)C)N3)ccc2cn1. The fraction of sp³-hybridized carbons (Fsp3) is 0.471. The number of benzene rings is 1. The average molecular weight is 590 g/mol. The molecule has 9 nitrogen and oxygen atoms in total. The number of hydrogen-bond donors (Lipinski definition) is 3. The number of aromatic nitrogens is 1. The Bertz CT molecular complexity index is 1380. The maximum absolute atomic E-state index is 13.4. The Morgan fingerprint density at radius 3 is 2.53 bits per heavy atom. The Kier molecular flexibility index (Phi) is 12.1. The quantitative estimate of drug-likeness (QED) is 0.227. The number of carbonyl (C=O) groups is 3. The lowest BCUT2D eigenvalue weighted by molar-refractivity contribution is -0.141. The summed E-state index contributed by atoms with van der Waals surface area (Å²) < 4.78 is 6.55. The van der Waals surface area contributed by atoms with Gasteiger partial charge in [-0.3, -0.25) is 24.4 Å². The van der Waals surface area contributed by atoms with Crippen molar-refractivity contribution in [2.45, 2.75) is 92.0 Å². The molecule has 0 bridgehead atoms. The summed E-state index contributed by atoms with van der Waals surface area (Å²) in [6, 6.07) is 6.49. The van der Waals surface area contributed by atoms with Crippen molar-refractivity contribution < 1.29 is 19.1 Å². The van der Waals surface area contributed by atoms with Crippen molar-refractivity contribution in [2.24, 2.45) is 5.92 Å². The molecular weight excluding hydrogens is 542 g/mol. The number of carbonyl (C=O) groups excluding carboxylic acids is 3. The summed E-state index contributed by atoms with van der Waals surface area (Å²) in [6.45, 7) is 17.6. The van der Waals surface area contributed by atoms with Crippen molar-refractivity contribution in [3.63, 3.8) is 0 Å². The number of pyridine rings is 1. The van der Waals surface area contributed by atoms with E-state index in [0.29, 0.717) is 6.54 Å². The Balaban J connectivity index is 1.67. The number of hydrogen-bond acceptors (Lipinski definition) is 6. The molecule has 1 saturated heterocycles. The van der Waals surface area contributed by atoms with Crippen LogP contribution in [0.1, 0.15) is 85.1 Å². The molecule has 0 spiro atoms. The first-order valence-corrected chi connectivity index (χ1v) is 15.1. The van der Waals surface area contributed by atoms with E-state index in [9.17, 15) is 14.4 Å². The van der Waals surface area contributed by atoms with Gasteiger partial charge in [0.15, 0.2) is 0 Å². The van der Waals surface area contributed by atoms with Gasteiger partial charge in [-0.2, -0.15) is 0 Å². The number of nitrogens with zero attached hydrogens (tertiary/aromatic N) is 2. The fourth-order valence-corrected chi connectivity index (χ4v) is 5.07. The summed E-state index contributed by atoms with van der Waals surface area (Å²) in [5.74, 6) is -0.212. The molecule has 1 aromatic heterocycles. The molecule has 1 aromatic carbocycles. The number of rotatable bonds is 12. The van der Waals surface area contributed by atoms with Crippen LogP contribution in [-0.4, -0.2) is 52.4 Å². The van der Waals surface area contributed by atoms with Gasteiger partial charge in [0.2, 0.25) is 11.8 Å². The number of ether oxygens (including phenoxy) is 1. The van der Waals surface area contributed by atoms with Crippen LogP contribution in [0.3, 0.4) is 0 Å². The van der Waals surface area contributed by atoms with Crippen LogP contribution < -0.4 is 16.1 Å². The standard InChI is InChI=1S/C34H47N5O4/c1-9-11-14-30(40)37-31(21(3)4)33(41)36-23(7)34(42)39-17-12-13-29(38-39)32(22(5)6)43-24(8)25-15-16-26-20-35-28(10-2)19-27(26)18-25/h9-11,15-16,18-21,23-24,29,31,38H,2,12-14,17H2,1,3-8H3,(H,36,41)(H,37,40). The minimum Gasteiger partial charge on any atom is -0.489 e. The van der Waals surface area contributed by atoms with E-state index in [1.165, 1.54) is 0 Å². The minimum atomic E-state index is -0.782. The van der Waals surface area contributed by atoms with Crippen LogP contribution in [0.2, 0.25) is 0 Å². The van der Waals surface area contributed by atoms with E-state index >= 15 is 0 Å². The summed E-state index contributed by atoms with van der Waals surface area (Å²) >= 11 is 0. The molecule has 0 saturated carbocycles. The van der Waals surface area contributed by atoms with Gasteiger partial charge in [0, 0.05) is 24.5 Å². The number of nitrogens with one attached hydrogen (secondary N) is 3. The third kappa shape index (κ3) is 9.00. The molecule has 3 N–H and O–H groups in total. The monoisotopic (exact) mass is 589 g/mol. The van der Waals surface area contributed by atoms with E-state index in [1.807, 2.05) is 65.9 Å². The van der Waals surface area contributed by atoms with Crippen molar-refractivity contribution in [1.29, 1.82) is 0 Å². The highest BCUT2D eigenvalue weighted by molar-refractivity contribution is 5.92. The van der Waals surface area contributed by atoms with E-state index in [4.69, 9.17) is 4.74 Å². The van der Waals surface area contributed by atoms with Crippen LogP contribution in [0.25, 0.3) is 16.8 Å². The van der Waals surface area contributed by atoms with E-state index in [1.54, 1.807) is 30.2 Å². The number of amides is 3. The number of hydrazine groups is 1. The minimum absolute atomic E-state index is 0.142. The highest BCUT2D eigenvalue weighted by atomic mass is 16.5. The molecule has 2 aromatic rings. The summed E-state index contributed by atoms with van der Waals surface area (Å²) in [4.78, 5) is 43.1. The van der Waals surface area contributed by atoms with E-state index in [-0.39, 0.29) is 42.2 Å². The van der Waals surface area contributed by atoms with Gasteiger partial charge >= 0.3 is 0 Å². The zero-order valence-electron chi connectivity index (χ0n) is 26.6. The normalized spacial score (nSPS) is 17.3. The van der Waals surface area contributed by atoms with Crippen LogP contribution in [0.5, 0.6) is 0 Å². The van der Waals surface area contributed by atoms with Crippen LogP contribution in [0.4, 0.5) is 0 Å². The zero-order valence-corrected chi connectivity index (χ0v) is 26.6. The highest BCUT2D eigenvalue weighted by Crippen LogP contribution is 2.29. The van der Waals surface area contributed by atoms with Gasteiger partial charge in [0.05, 0.1) is 11.7 Å². The van der Waals surface area contributed by atoms with Gasteiger partial charge in [0.1, 0.15) is 23.9 Å². The molecule has 3 amide bonds. The van der Waals surface area contributed by atoms with Gasteiger partial charge in [-0.25, -0.2) is 5.43 Å². The molecule has 9 heteroatoms. The van der Waals surface area contributed by atoms with Crippen LogP contribution >= 0.6 is 0 Å². The topological polar surface area (TPSA) is 113 Å². The molecular formula is C34H47N5O4. The molecule has 3 rings (SSSR count). The fourth-order valence-electron chi connectivity index (χ4n) is 5.07. The molecule has 1 aliphatic heterocycles. The lowest BCUT2D eigenvalue weighted by Crippen LogP contribution is -2.60. The predicted molar refractivity (Wildman–Crippen MR) is 171 cm³/mol. The van der Waals surface area contributed by atoms with Crippen LogP contribution in [-0.2, 0) is 19.1 Å². The van der Waals surface area contributed by atoms with E-state index < -0.39 is 12.1 Å².